The van der Waals surface area contributed by atoms with Crippen molar-refractivity contribution in [2.45, 2.75) is 25.5 Å². The van der Waals surface area contributed by atoms with Gasteiger partial charge >= 0.3 is 0 Å². The van der Waals surface area contributed by atoms with Gasteiger partial charge in [-0.2, -0.15) is 0 Å². The molecule has 1 aliphatic heterocycles. The third kappa shape index (κ3) is 1.98. The van der Waals surface area contributed by atoms with E-state index in [0.29, 0.717) is 5.02 Å². The number of halogens is 2. The van der Waals surface area contributed by atoms with Crippen molar-refractivity contribution in [2.75, 3.05) is 6.61 Å². The highest BCUT2D eigenvalue weighted by atomic mass is 79.9. The SMILES string of the molecule is Clc1c(Br)ccc2c1ncn2C1CCCCO1. The molecule has 0 radical (unpaired) electrons. The van der Waals surface area contributed by atoms with Crippen LogP contribution >= 0.6 is 27.5 Å². The molecule has 0 amide bonds. The summed E-state index contributed by atoms with van der Waals surface area (Å²) in [5.74, 6) is 0. The van der Waals surface area contributed by atoms with Crippen molar-refractivity contribution in [3.05, 3.63) is 28.0 Å². The van der Waals surface area contributed by atoms with Crippen molar-refractivity contribution in [3.63, 3.8) is 0 Å². The average molecular weight is 316 g/mol. The van der Waals surface area contributed by atoms with E-state index in [1.807, 2.05) is 18.5 Å². The van der Waals surface area contributed by atoms with E-state index in [4.69, 9.17) is 16.3 Å². The largest absolute Gasteiger partial charge is 0.358 e. The molecule has 1 fully saturated rings. The van der Waals surface area contributed by atoms with E-state index in [-0.39, 0.29) is 6.23 Å². The fraction of sp³-hybridized carbons (Fsp3) is 0.417. The maximum atomic E-state index is 6.21. The van der Waals surface area contributed by atoms with Crippen LogP contribution in [-0.4, -0.2) is 16.2 Å². The van der Waals surface area contributed by atoms with Gasteiger partial charge in [-0.3, -0.25) is 0 Å². The Morgan fingerprint density at radius 3 is 3.06 bits per heavy atom. The molecule has 0 aliphatic carbocycles. The molecule has 1 saturated heterocycles. The number of hydrogen-bond donors (Lipinski definition) is 0. The van der Waals surface area contributed by atoms with Crippen molar-refractivity contribution in [1.82, 2.24) is 9.55 Å². The van der Waals surface area contributed by atoms with E-state index in [0.717, 1.165) is 35.0 Å². The summed E-state index contributed by atoms with van der Waals surface area (Å²) in [6, 6.07) is 3.97. The van der Waals surface area contributed by atoms with E-state index >= 15 is 0 Å². The van der Waals surface area contributed by atoms with E-state index < -0.39 is 0 Å². The van der Waals surface area contributed by atoms with Gasteiger partial charge in [0.1, 0.15) is 11.7 Å². The number of rotatable bonds is 1. The number of fused-ring (bicyclic) bond motifs is 1. The zero-order valence-electron chi connectivity index (χ0n) is 9.20. The lowest BCUT2D eigenvalue weighted by molar-refractivity contribution is -0.0295. The maximum Gasteiger partial charge on any atom is 0.135 e. The van der Waals surface area contributed by atoms with Gasteiger partial charge in [0.25, 0.3) is 0 Å². The van der Waals surface area contributed by atoms with Crippen LogP contribution in [0.1, 0.15) is 25.5 Å². The van der Waals surface area contributed by atoms with Gasteiger partial charge in [-0.25, -0.2) is 4.98 Å². The number of aromatic nitrogens is 2. The molecular formula is C12H12BrClN2O. The van der Waals surface area contributed by atoms with Gasteiger partial charge in [-0.1, -0.05) is 11.6 Å². The fourth-order valence-corrected chi connectivity index (χ4v) is 2.74. The van der Waals surface area contributed by atoms with E-state index in [2.05, 4.69) is 25.5 Å². The van der Waals surface area contributed by atoms with Crippen LogP contribution in [0.2, 0.25) is 5.02 Å². The topological polar surface area (TPSA) is 27.1 Å². The van der Waals surface area contributed by atoms with Crippen LogP contribution in [0.4, 0.5) is 0 Å². The smallest absolute Gasteiger partial charge is 0.135 e. The molecule has 2 heterocycles. The average Bonchev–Trinajstić information content (AvgIpc) is 2.79. The first-order valence-electron chi connectivity index (χ1n) is 5.69. The van der Waals surface area contributed by atoms with E-state index in [1.165, 1.54) is 6.42 Å². The fourth-order valence-electron chi connectivity index (χ4n) is 2.22. The molecule has 1 atom stereocenters. The Bertz CT molecular complexity index is 549. The Labute approximate surface area is 113 Å². The van der Waals surface area contributed by atoms with Gasteiger partial charge in [0.2, 0.25) is 0 Å². The minimum Gasteiger partial charge on any atom is -0.358 e. The predicted molar refractivity (Wildman–Crippen MR) is 71.3 cm³/mol. The minimum atomic E-state index is 0.103. The third-order valence-electron chi connectivity index (χ3n) is 3.10. The summed E-state index contributed by atoms with van der Waals surface area (Å²) in [6.45, 7) is 0.828. The van der Waals surface area contributed by atoms with Crippen molar-refractivity contribution in [2.24, 2.45) is 0 Å². The van der Waals surface area contributed by atoms with Crippen LogP contribution in [0.15, 0.2) is 22.9 Å². The van der Waals surface area contributed by atoms with E-state index in [1.54, 1.807) is 0 Å². The highest BCUT2D eigenvalue weighted by Crippen LogP contribution is 2.33. The second-order valence-electron chi connectivity index (χ2n) is 4.20. The Kier molecular flexibility index (Phi) is 3.11. The number of ether oxygens (including phenoxy) is 1. The lowest BCUT2D eigenvalue weighted by atomic mass is 10.2. The van der Waals surface area contributed by atoms with Crippen LogP contribution in [0.3, 0.4) is 0 Å². The van der Waals surface area contributed by atoms with Gasteiger partial charge in [0, 0.05) is 11.1 Å². The summed E-state index contributed by atoms with van der Waals surface area (Å²) in [5, 5.41) is 0.664. The first-order chi connectivity index (χ1) is 8.27. The lowest BCUT2D eigenvalue weighted by Crippen LogP contribution is -2.17. The summed E-state index contributed by atoms with van der Waals surface area (Å²) in [4.78, 5) is 4.38. The zero-order chi connectivity index (χ0) is 11.8. The Morgan fingerprint density at radius 1 is 1.41 bits per heavy atom. The number of hydrogen-bond acceptors (Lipinski definition) is 2. The van der Waals surface area contributed by atoms with Gasteiger partial charge in [-0.05, 0) is 47.3 Å². The molecule has 90 valence electrons. The molecular weight excluding hydrogens is 304 g/mol. The molecule has 1 unspecified atom stereocenters. The molecule has 0 saturated carbocycles. The summed E-state index contributed by atoms with van der Waals surface area (Å²) in [6.07, 6.45) is 5.31. The highest BCUT2D eigenvalue weighted by Gasteiger charge is 2.19. The number of imidazole rings is 1. The summed E-state index contributed by atoms with van der Waals surface area (Å²) < 4.78 is 8.72. The van der Waals surface area contributed by atoms with Crippen molar-refractivity contribution in [1.29, 1.82) is 0 Å². The Balaban J connectivity index is 2.08. The Hall–Kier alpha value is -0.580. The maximum absolute atomic E-state index is 6.21. The number of nitrogens with zero attached hydrogens (tertiary/aromatic N) is 2. The minimum absolute atomic E-state index is 0.103. The van der Waals surface area contributed by atoms with Gasteiger partial charge in [0.05, 0.1) is 16.9 Å². The first-order valence-corrected chi connectivity index (χ1v) is 6.86. The van der Waals surface area contributed by atoms with Crippen LogP contribution in [-0.2, 0) is 4.74 Å². The molecule has 3 rings (SSSR count). The molecule has 0 spiro atoms. The quantitative estimate of drug-likeness (QED) is 0.790. The molecule has 0 bridgehead atoms. The molecule has 2 aromatic rings. The van der Waals surface area contributed by atoms with Crippen LogP contribution in [0, 0.1) is 0 Å². The molecule has 0 N–H and O–H groups in total. The molecule has 5 heteroatoms. The molecule has 1 aliphatic rings. The monoisotopic (exact) mass is 314 g/mol. The van der Waals surface area contributed by atoms with Gasteiger partial charge in [-0.15, -0.1) is 0 Å². The van der Waals surface area contributed by atoms with Gasteiger partial charge in [0.15, 0.2) is 0 Å². The van der Waals surface area contributed by atoms with Crippen molar-refractivity contribution >= 4 is 38.6 Å². The first kappa shape index (κ1) is 11.5. The van der Waals surface area contributed by atoms with Gasteiger partial charge < -0.3 is 9.30 Å². The van der Waals surface area contributed by atoms with Crippen molar-refractivity contribution < 1.29 is 4.74 Å². The standard InChI is InChI=1S/C12H12BrClN2O/c13-8-4-5-9-12(11(8)14)15-7-16(9)10-3-1-2-6-17-10/h4-5,7,10H,1-3,6H2. The lowest BCUT2D eigenvalue weighted by Gasteiger charge is -2.24. The zero-order valence-corrected chi connectivity index (χ0v) is 11.5. The van der Waals surface area contributed by atoms with Crippen LogP contribution < -0.4 is 0 Å². The Morgan fingerprint density at radius 2 is 2.29 bits per heavy atom. The van der Waals surface area contributed by atoms with Crippen LogP contribution in [0.25, 0.3) is 11.0 Å². The normalized spacial score (nSPS) is 20.9. The second kappa shape index (κ2) is 4.59. The second-order valence-corrected chi connectivity index (χ2v) is 5.43. The summed E-state index contributed by atoms with van der Waals surface area (Å²) in [5.41, 5.74) is 1.86. The van der Waals surface area contributed by atoms with E-state index in [9.17, 15) is 0 Å². The molecule has 17 heavy (non-hydrogen) atoms. The molecule has 1 aromatic carbocycles. The third-order valence-corrected chi connectivity index (χ3v) is 4.37. The summed E-state index contributed by atoms with van der Waals surface area (Å²) in [7, 11) is 0. The van der Waals surface area contributed by atoms with Crippen LogP contribution in [0.5, 0.6) is 0 Å². The molecule has 3 nitrogen and oxygen atoms in total. The summed E-state index contributed by atoms with van der Waals surface area (Å²) >= 11 is 9.62. The highest BCUT2D eigenvalue weighted by molar-refractivity contribution is 9.10. The van der Waals surface area contributed by atoms with Crippen molar-refractivity contribution in [3.8, 4) is 0 Å². The predicted octanol–water partition coefficient (Wildman–Crippen LogP) is 4.15. The number of benzene rings is 1. The molecule has 1 aromatic heterocycles.